The molecular weight excluding hydrogens is 305 g/mol. The molecule has 1 aromatic carbocycles. The first-order valence-corrected chi connectivity index (χ1v) is 8.43. The first-order chi connectivity index (χ1) is 11.3. The minimum Gasteiger partial charge on any atom is -0.486 e. The summed E-state index contributed by atoms with van der Waals surface area (Å²) in [6.07, 6.45) is 2.09. The molecule has 2 heterocycles. The van der Waals surface area contributed by atoms with Gasteiger partial charge in [-0.2, -0.15) is 0 Å². The van der Waals surface area contributed by atoms with Crippen molar-refractivity contribution >= 4 is 13.2 Å². The summed E-state index contributed by atoms with van der Waals surface area (Å²) in [5, 5.41) is 3.20. The lowest BCUT2D eigenvalue weighted by Crippen LogP contribution is -2.41. The summed E-state index contributed by atoms with van der Waals surface area (Å²) in [4.78, 5) is 0. The normalized spacial score (nSPS) is 21.9. The summed E-state index contributed by atoms with van der Waals surface area (Å²) in [5.41, 5.74) is 1.39. The van der Waals surface area contributed by atoms with Crippen molar-refractivity contribution < 1.29 is 18.8 Å². The number of hydrogen-bond donors (Lipinski definition) is 1. The molecule has 130 valence electrons. The van der Waals surface area contributed by atoms with Gasteiger partial charge >= 0.3 is 7.12 Å². The quantitative estimate of drug-likeness (QED) is 0.860. The van der Waals surface area contributed by atoms with Crippen molar-refractivity contribution in [2.75, 3.05) is 26.8 Å². The standard InChI is InChI=1S/C18H26BNO4/c1-17(2)18(3,4)24-19(23-17)14(12-20-5)10-13-6-7-15-16(11-13)22-9-8-21-15/h6-7,10-11,20H,8-9,12H2,1-5H3. The van der Waals surface area contributed by atoms with Crippen LogP contribution in [0.15, 0.2) is 23.7 Å². The van der Waals surface area contributed by atoms with Gasteiger partial charge in [0.15, 0.2) is 11.5 Å². The van der Waals surface area contributed by atoms with E-state index in [0.29, 0.717) is 19.8 Å². The first kappa shape index (κ1) is 17.3. The minimum atomic E-state index is -0.365. The van der Waals surface area contributed by atoms with Crippen LogP contribution in [0.2, 0.25) is 0 Å². The molecule has 1 aromatic rings. The third-order valence-corrected chi connectivity index (χ3v) is 4.86. The van der Waals surface area contributed by atoms with Crippen molar-refractivity contribution in [3.05, 3.63) is 29.2 Å². The van der Waals surface area contributed by atoms with Gasteiger partial charge in [-0.3, -0.25) is 0 Å². The molecule has 2 aliphatic rings. The van der Waals surface area contributed by atoms with Crippen LogP contribution >= 0.6 is 0 Å². The van der Waals surface area contributed by atoms with E-state index in [1.165, 1.54) is 0 Å². The van der Waals surface area contributed by atoms with Crippen LogP contribution in [0.5, 0.6) is 11.5 Å². The van der Waals surface area contributed by atoms with Crippen molar-refractivity contribution in [1.29, 1.82) is 0 Å². The molecule has 0 bridgehead atoms. The van der Waals surface area contributed by atoms with Crippen LogP contribution in [0.25, 0.3) is 6.08 Å². The van der Waals surface area contributed by atoms with E-state index >= 15 is 0 Å². The molecule has 1 fully saturated rings. The van der Waals surface area contributed by atoms with Gasteiger partial charge in [0.1, 0.15) is 13.2 Å². The number of rotatable bonds is 4. The maximum atomic E-state index is 6.18. The second-order valence-electron chi connectivity index (χ2n) is 7.24. The van der Waals surface area contributed by atoms with Gasteiger partial charge in [-0.1, -0.05) is 12.1 Å². The van der Waals surface area contributed by atoms with Gasteiger partial charge < -0.3 is 24.1 Å². The molecule has 0 saturated carbocycles. The lowest BCUT2D eigenvalue weighted by atomic mass is 9.77. The van der Waals surface area contributed by atoms with Gasteiger partial charge in [-0.15, -0.1) is 0 Å². The fourth-order valence-electron chi connectivity index (χ4n) is 2.76. The fraction of sp³-hybridized carbons (Fsp3) is 0.556. The fourth-order valence-corrected chi connectivity index (χ4v) is 2.76. The van der Waals surface area contributed by atoms with Crippen molar-refractivity contribution in [3.63, 3.8) is 0 Å². The molecule has 1 saturated heterocycles. The van der Waals surface area contributed by atoms with E-state index < -0.39 is 0 Å². The first-order valence-electron chi connectivity index (χ1n) is 8.43. The van der Waals surface area contributed by atoms with Crippen LogP contribution in [-0.4, -0.2) is 45.1 Å². The van der Waals surface area contributed by atoms with E-state index in [4.69, 9.17) is 18.8 Å². The van der Waals surface area contributed by atoms with Gasteiger partial charge in [-0.05, 0) is 57.9 Å². The molecule has 24 heavy (non-hydrogen) atoms. The van der Waals surface area contributed by atoms with Gasteiger partial charge in [0.25, 0.3) is 0 Å². The van der Waals surface area contributed by atoms with E-state index in [1.54, 1.807) is 0 Å². The third-order valence-electron chi connectivity index (χ3n) is 4.86. The van der Waals surface area contributed by atoms with Crippen molar-refractivity contribution in [2.45, 2.75) is 38.9 Å². The average molecular weight is 331 g/mol. The van der Waals surface area contributed by atoms with Crippen molar-refractivity contribution in [1.82, 2.24) is 5.32 Å². The van der Waals surface area contributed by atoms with E-state index in [-0.39, 0.29) is 18.3 Å². The maximum Gasteiger partial charge on any atom is 0.491 e. The highest BCUT2D eigenvalue weighted by molar-refractivity contribution is 6.55. The Kier molecular flexibility index (Phi) is 4.64. The van der Waals surface area contributed by atoms with E-state index in [0.717, 1.165) is 22.5 Å². The molecule has 2 aliphatic heterocycles. The Balaban J connectivity index is 1.87. The number of hydrogen-bond acceptors (Lipinski definition) is 5. The largest absolute Gasteiger partial charge is 0.491 e. The second kappa shape index (κ2) is 6.43. The van der Waals surface area contributed by atoms with Crippen LogP contribution in [0, 0.1) is 0 Å². The molecule has 1 N–H and O–H groups in total. The average Bonchev–Trinajstić information content (AvgIpc) is 2.75. The third kappa shape index (κ3) is 3.32. The highest BCUT2D eigenvalue weighted by Crippen LogP contribution is 2.39. The van der Waals surface area contributed by atoms with Crippen molar-refractivity contribution in [3.8, 4) is 11.5 Å². The second-order valence-corrected chi connectivity index (χ2v) is 7.24. The van der Waals surface area contributed by atoms with E-state index in [2.05, 4.69) is 39.1 Å². The predicted octanol–water partition coefficient (Wildman–Crippen LogP) is 2.69. The molecule has 0 aliphatic carbocycles. The molecule has 5 nitrogen and oxygen atoms in total. The number of benzene rings is 1. The lowest BCUT2D eigenvalue weighted by Gasteiger charge is -2.32. The highest BCUT2D eigenvalue weighted by Gasteiger charge is 2.52. The van der Waals surface area contributed by atoms with Gasteiger partial charge in [0.05, 0.1) is 11.2 Å². The number of fused-ring (bicyclic) bond motifs is 1. The van der Waals surface area contributed by atoms with Gasteiger partial charge in [0, 0.05) is 6.54 Å². The Bertz CT molecular complexity index is 626. The minimum absolute atomic E-state index is 0.350. The molecule has 0 atom stereocenters. The molecular formula is C18H26BNO4. The number of ether oxygens (including phenoxy) is 2. The Morgan fingerprint density at radius 1 is 1.08 bits per heavy atom. The molecule has 3 rings (SSSR count). The van der Waals surface area contributed by atoms with Gasteiger partial charge in [-0.25, -0.2) is 0 Å². The topological polar surface area (TPSA) is 49.0 Å². The van der Waals surface area contributed by atoms with Crippen molar-refractivity contribution in [2.24, 2.45) is 0 Å². The van der Waals surface area contributed by atoms with E-state index in [1.807, 2.05) is 25.2 Å². The predicted molar refractivity (Wildman–Crippen MR) is 95.4 cm³/mol. The monoisotopic (exact) mass is 331 g/mol. The SMILES string of the molecule is CNCC(=Cc1ccc2c(c1)OCCO2)B1OC(C)(C)C(C)(C)O1. The summed E-state index contributed by atoms with van der Waals surface area (Å²) in [6.45, 7) is 10.1. The van der Waals surface area contributed by atoms with E-state index in [9.17, 15) is 0 Å². The van der Waals surface area contributed by atoms with Crippen LogP contribution in [0.4, 0.5) is 0 Å². The summed E-state index contributed by atoms with van der Waals surface area (Å²) < 4.78 is 23.6. The summed E-state index contributed by atoms with van der Waals surface area (Å²) >= 11 is 0. The smallest absolute Gasteiger partial charge is 0.486 e. The molecule has 0 unspecified atom stereocenters. The zero-order valence-electron chi connectivity index (χ0n) is 15.1. The summed E-state index contributed by atoms with van der Waals surface area (Å²) in [6, 6.07) is 5.96. The van der Waals surface area contributed by atoms with Crippen LogP contribution in [0.1, 0.15) is 33.3 Å². The van der Waals surface area contributed by atoms with Crippen LogP contribution in [-0.2, 0) is 9.31 Å². The van der Waals surface area contributed by atoms with Crippen LogP contribution < -0.4 is 14.8 Å². The highest BCUT2D eigenvalue weighted by atomic mass is 16.7. The van der Waals surface area contributed by atoms with Gasteiger partial charge in [0.2, 0.25) is 0 Å². The number of nitrogens with one attached hydrogen (secondary N) is 1. The summed E-state index contributed by atoms with van der Waals surface area (Å²) in [7, 11) is 1.55. The molecule has 0 amide bonds. The summed E-state index contributed by atoms with van der Waals surface area (Å²) in [5.74, 6) is 1.58. The zero-order valence-corrected chi connectivity index (χ0v) is 15.1. The Labute approximate surface area is 144 Å². The number of likely N-dealkylation sites (N-methyl/N-ethyl adjacent to an activating group) is 1. The molecule has 0 aromatic heterocycles. The Morgan fingerprint density at radius 3 is 2.33 bits per heavy atom. The zero-order chi connectivity index (χ0) is 17.4. The Hall–Kier alpha value is -1.50. The molecule has 0 radical (unpaired) electrons. The maximum absolute atomic E-state index is 6.18. The molecule has 6 heteroatoms. The Morgan fingerprint density at radius 2 is 1.71 bits per heavy atom. The van der Waals surface area contributed by atoms with Crippen LogP contribution in [0.3, 0.4) is 0 Å². The lowest BCUT2D eigenvalue weighted by molar-refractivity contribution is 0.00578. The molecule has 0 spiro atoms.